The Labute approximate surface area is 234 Å². The molecule has 9 nitrogen and oxygen atoms in total. The predicted molar refractivity (Wildman–Crippen MR) is 149 cm³/mol. The first-order valence-corrected chi connectivity index (χ1v) is 14.9. The van der Waals surface area contributed by atoms with Crippen molar-refractivity contribution in [3.8, 4) is 0 Å². The third-order valence-corrected chi connectivity index (χ3v) is 8.49. The molecule has 14 heteroatoms. The Kier molecular flexibility index (Phi) is 8.28. The molecule has 3 aromatic rings. The maximum atomic E-state index is 13.4. The van der Waals surface area contributed by atoms with Gasteiger partial charge in [-0.1, -0.05) is 13.3 Å². The van der Waals surface area contributed by atoms with Crippen molar-refractivity contribution in [1.29, 1.82) is 0 Å². The van der Waals surface area contributed by atoms with Gasteiger partial charge >= 0.3 is 6.18 Å². The van der Waals surface area contributed by atoms with E-state index in [-0.39, 0.29) is 17.8 Å². The lowest BCUT2D eigenvalue weighted by atomic mass is 10.2. The normalized spacial score (nSPS) is 18.4. The Morgan fingerprint density at radius 1 is 1.13 bits per heavy atom. The van der Waals surface area contributed by atoms with Crippen molar-refractivity contribution in [2.45, 2.75) is 77.0 Å². The minimum Gasteiger partial charge on any atom is -0.347 e. The number of anilines is 2. The van der Waals surface area contributed by atoms with Crippen LogP contribution in [0.1, 0.15) is 57.1 Å². The van der Waals surface area contributed by atoms with E-state index in [0.717, 1.165) is 54.9 Å². The third kappa shape index (κ3) is 6.60. The first-order valence-electron chi connectivity index (χ1n) is 13.4. The number of alkyl halides is 3. The van der Waals surface area contributed by atoms with Gasteiger partial charge in [0.25, 0.3) is 0 Å². The summed E-state index contributed by atoms with van der Waals surface area (Å²) in [6, 6.07) is 2.44. The van der Waals surface area contributed by atoms with Crippen molar-refractivity contribution in [3.05, 3.63) is 22.6 Å². The molecular weight excluding hydrogens is 549 g/mol. The molecule has 1 atom stereocenters. The summed E-state index contributed by atoms with van der Waals surface area (Å²) >= 11 is 3.16. The number of fused-ring (bicyclic) bond motifs is 2. The fourth-order valence-corrected chi connectivity index (χ4v) is 6.52. The molecule has 0 spiro atoms. The Morgan fingerprint density at radius 3 is 2.69 bits per heavy atom. The number of aromatic nitrogens is 5. The highest BCUT2D eigenvalue weighted by Gasteiger charge is 2.40. The molecule has 0 aromatic carbocycles. The summed E-state index contributed by atoms with van der Waals surface area (Å²) in [5, 5.41) is 11.8. The lowest BCUT2D eigenvalue weighted by Gasteiger charge is -2.30. The third-order valence-electron chi connectivity index (χ3n) is 6.61. The highest BCUT2D eigenvalue weighted by atomic mass is 32.2. The first-order chi connectivity index (χ1) is 18.5. The van der Waals surface area contributed by atoms with Crippen molar-refractivity contribution in [3.63, 3.8) is 0 Å². The highest BCUT2D eigenvalue weighted by molar-refractivity contribution is 7.96. The average Bonchev–Trinajstić information content (AvgIpc) is 3.59. The maximum absolute atomic E-state index is 13.4. The fourth-order valence-electron chi connectivity index (χ4n) is 4.88. The number of halogens is 3. The van der Waals surface area contributed by atoms with E-state index in [0.29, 0.717) is 31.0 Å². The van der Waals surface area contributed by atoms with Crippen LogP contribution in [0, 0.1) is 0 Å². The second-order valence-electron chi connectivity index (χ2n) is 10.9. The molecule has 2 aliphatic heterocycles. The van der Waals surface area contributed by atoms with Gasteiger partial charge in [-0.05, 0) is 51.7 Å². The zero-order valence-corrected chi connectivity index (χ0v) is 24.3. The van der Waals surface area contributed by atoms with Crippen molar-refractivity contribution < 1.29 is 17.4 Å². The van der Waals surface area contributed by atoms with E-state index in [9.17, 15) is 13.2 Å². The molecule has 1 saturated heterocycles. The van der Waals surface area contributed by atoms with Crippen molar-refractivity contribution >= 4 is 45.4 Å². The summed E-state index contributed by atoms with van der Waals surface area (Å²) in [7, 11) is 0. The number of rotatable bonds is 9. The summed E-state index contributed by atoms with van der Waals surface area (Å²) in [6.45, 7) is 12.3. The van der Waals surface area contributed by atoms with Gasteiger partial charge in [0, 0.05) is 48.4 Å². The Morgan fingerprint density at radius 2 is 1.95 bits per heavy atom. The lowest BCUT2D eigenvalue weighted by Crippen LogP contribution is -2.37. The first kappa shape index (κ1) is 28.4. The van der Waals surface area contributed by atoms with Crippen LogP contribution < -0.4 is 15.1 Å². The lowest BCUT2D eigenvalue weighted by molar-refractivity contribution is -0.147. The summed E-state index contributed by atoms with van der Waals surface area (Å²) in [6.07, 6.45) is -1.58. The molecule has 0 saturated carbocycles. The second-order valence-corrected chi connectivity index (χ2v) is 13.7. The average molecular weight is 585 g/mol. The van der Waals surface area contributed by atoms with Crippen LogP contribution in [-0.4, -0.2) is 68.3 Å². The van der Waals surface area contributed by atoms with Crippen molar-refractivity contribution in [2.75, 3.05) is 42.6 Å². The van der Waals surface area contributed by atoms with Gasteiger partial charge in [-0.3, -0.25) is 0 Å². The molecule has 39 heavy (non-hydrogen) atoms. The van der Waals surface area contributed by atoms with Gasteiger partial charge in [0.2, 0.25) is 11.8 Å². The number of nitrogens with zero attached hydrogens (tertiary/aromatic N) is 7. The van der Waals surface area contributed by atoms with E-state index in [2.05, 4.69) is 54.2 Å². The number of hydrogen-bond acceptors (Lipinski definition) is 10. The minimum absolute atomic E-state index is 0.0707. The van der Waals surface area contributed by atoms with Crippen LogP contribution >= 0.6 is 23.4 Å². The van der Waals surface area contributed by atoms with Crippen molar-refractivity contribution in [2.24, 2.45) is 0 Å². The topological polar surface area (TPSA) is 84.2 Å². The maximum Gasteiger partial charge on any atom is 0.451 e. The van der Waals surface area contributed by atoms with Crippen LogP contribution in [0.5, 0.6) is 0 Å². The molecule has 1 fully saturated rings. The van der Waals surface area contributed by atoms with Gasteiger partial charge in [-0.2, -0.15) is 18.2 Å². The standard InChI is InChI=1S/C25H35F3N8OS2/c1-5-6-17-13-18-20(34-10-11-36-19(15-34)32-33-22(36)25(26,27)28)30-23(31-21(18)38-17)35-9-7-16(14-35)29-8-12-37-39-24(2,3)4/h13,16,29H,5-12,14-15H2,1-4H3/t16-/m0/s1. The molecule has 0 unspecified atom stereocenters. The molecular formula is C25H35F3N8OS2. The Balaban J connectivity index is 1.33. The molecule has 5 rings (SSSR count). The van der Waals surface area contributed by atoms with E-state index < -0.39 is 12.0 Å². The predicted octanol–water partition coefficient (Wildman–Crippen LogP) is 4.91. The summed E-state index contributed by atoms with van der Waals surface area (Å²) in [5.74, 6) is 0.766. The molecule has 214 valence electrons. The summed E-state index contributed by atoms with van der Waals surface area (Å²) in [4.78, 5) is 16.3. The Bertz CT molecular complexity index is 1290. The highest BCUT2D eigenvalue weighted by Crippen LogP contribution is 2.36. The van der Waals surface area contributed by atoms with Gasteiger partial charge in [-0.15, -0.1) is 21.5 Å². The van der Waals surface area contributed by atoms with Crippen LogP contribution in [0.4, 0.5) is 24.9 Å². The van der Waals surface area contributed by atoms with E-state index in [1.165, 1.54) is 21.5 Å². The van der Waals surface area contributed by atoms with Crippen LogP contribution in [0.3, 0.4) is 0 Å². The molecule has 2 aliphatic rings. The molecule has 5 heterocycles. The number of aryl methyl sites for hydroxylation is 1. The fraction of sp³-hybridized carbons (Fsp3) is 0.680. The zero-order valence-electron chi connectivity index (χ0n) is 22.7. The summed E-state index contributed by atoms with van der Waals surface area (Å²) in [5.41, 5.74) is 0. The van der Waals surface area contributed by atoms with Crippen molar-refractivity contribution in [1.82, 2.24) is 30.0 Å². The van der Waals surface area contributed by atoms with E-state index in [4.69, 9.17) is 14.2 Å². The molecule has 0 bridgehead atoms. The molecule has 0 radical (unpaired) electrons. The number of hydrogen-bond donors (Lipinski definition) is 1. The number of nitrogens with one attached hydrogen (secondary N) is 1. The van der Waals surface area contributed by atoms with Crippen LogP contribution in [-0.2, 0) is 29.9 Å². The van der Waals surface area contributed by atoms with E-state index in [1.807, 2.05) is 4.90 Å². The van der Waals surface area contributed by atoms with E-state index >= 15 is 0 Å². The zero-order chi connectivity index (χ0) is 27.8. The quantitative estimate of drug-likeness (QED) is 0.279. The minimum atomic E-state index is -4.52. The molecule has 0 aliphatic carbocycles. The van der Waals surface area contributed by atoms with Gasteiger partial charge in [0.15, 0.2) is 5.82 Å². The van der Waals surface area contributed by atoms with E-state index in [1.54, 1.807) is 11.3 Å². The van der Waals surface area contributed by atoms with Gasteiger partial charge in [-0.25, -0.2) is 4.98 Å². The van der Waals surface area contributed by atoms with Gasteiger partial charge in [0.1, 0.15) is 10.6 Å². The summed E-state index contributed by atoms with van der Waals surface area (Å²) < 4.78 is 47.0. The number of thiophene rings is 1. The Hall–Kier alpha value is -2.16. The van der Waals surface area contributed by atoms with Crippen LogP contribution in [0.2, 0.25) is 0 Å². The van der Waals surface area contributed by atoms with Gasteiger partial charge in [0.05, 0.1) is 18.5 Å². The largest absolute Gasteiger partial charge is 0.451 e. The van der Waals surface area contributed by atoms with Crippen LogP contribution in [0.25, 0.3) is 10.2 Å². The molecule has 0 amide bonds. The second kappa shape index (κ2) is 11.4. The van der Waals surface area contributed by atoms with Crippen LogP contribution in [0.15, 0.2) is 6.07 Å². The monoisotopic (exact) mass is 584 g/mol. The molecule has 1 N–H and O–H groups in total. The smallest absolute Gasteiger partial charge is 0.347 e. The van der Waals surface area contributed by atoms with Gasteiger partial charge < -0.3 is 23.9 Å². The molecule has 3 aromatic heterocycles. The SMILES string of the molecule is CCCc1cc2c(N3CCn4c(nnc4C(F)(F)F)C3)nc(N3CC[C@H](NCCOSC(C)(C)C)C3)nc2s1.